The Balaban J connectivity index is 1.89. The van der Waals surface area contributed by atoms with Gasteiger partial charge in [-0.15, -0.1) is 0 Å². The van der Waals surface area contributed by atoms with E-state index < -0.39 is 17.9 Å². The summed E-state index contributed by atoms with van der Waals surface area (Å²) in [6, 6.07) is 14.6. The van der Waals surface area contributed by atoms with Gasteiger partial charge in [-0.05, 0) is 35.6 Å². The van der Waals surface area contributed by atoms with Gasteiger partial charge in [0.25, 0.3) is 0 Å². The average molecular weight is 336 g/mol. The number of benzene rings is 2. The summed E-state index contributed by atoms with van der Waals surface area (Å²) in [4.78, 5) is 35.8. The lowest BCUT2D eigenvalue weighted by Crippen LogP contribution is -2.46. The number of hydrogen-bond donors (Lipinski definition) is 2. The van der Waals surface area contributed by atoms with Crippen molar-refractivity contribution in [3.63, 3.8) is 0 Å². The molecule has 0 unspecified atom stereocenters. The topological polar surface area (TPSA) is 89.3 Å². The zero-order valence-electron chi connectivity index (χ0n) is 14.0. The van der Waals surface area contributed by atoms with Crippen LogP contribution in [0.2, 0.25) is 0 Å². The minimum absolute atomic E-state index is 0.0444. The predicted molar refractivity (Wildman–Crippen MR) is 94.8 cm³/mol. The molecule has 2 amide bonds. The highest BCUT2D eigenvalue weighted by Gasteiger charge is 2.34. The minimum atomic E-state index is -0.851. The van der Waals surface area contributed by atoms with Gasteiger partial charge in [-0.1, -0.05) is 48.5 Å². The molecule has 25 heavy (non-hydrogen) atoms. The lowest BCUT2D eigenvalue weighted by atomic mass is 9.95. The van der Waals surface area contributed by atoms with Crippen LogP contribution in [0.4, 0.5) is 0 Å². The molecule has 0 radical (unpaired) electrons. The van der Waals surface area contributed by atoms with Crippen molar-refractivity contribution in [2.75, 3.05) is 0 Å². The van der Waals surface area contributed by atoms with Gasteiger partial charge in [-0.2, -0.15) is 0 Å². The molecule has 0 heterocycles. The molecule has 0 aromatic heterocycles. The number of nitrogens with two attached hydrogens (primary N) is 1. The van der Waals surface area contributed by atoms with E-state index in [-0.39, 0.29) is 24.5 Å². The van der Waals surface area contributed by atoms with Gasteiger partial charge in [0.15, 0.2) is 0 Å². The predicted octanol–water partition coefficient (Wildman–Crippen LogP) is 2.14. The summed E-state index contributed by atoms with van der Waals surface area (Å²) in [5.74, 6) is -1.43. The molecule has 5 heteroatoms. The fraction of sp³-hybridized carbons (Fsp3) is 0.250. The maximum absolute atomic E-state index is 12.9. The van der Waals surface area contributed by atoms with Crippen molar-refractivity contribution in [1.82, 2.24) is 5.32 Å². The van der Waals surface area contributed by atoms with Crippen LogP contribution < -0.4 is 11.1 Å². The van der Waals surface area contributed by atoms with Crippen LogP contribution in [-0.2, 0) is 14.4 Å². The molecule has 0 aliphatic heterocycles. The summed E-state index contributed by atoms with van der Waals surface area (Å²) in [7, 11) is 0. The van der Waals surface area contributed by atoms with Crippen molar-refractivity contribution >= 4 is 17.6 Å². The Hall–Kier alpha value is -2.95. The molecule has 2 aromatic rings. The molecular formula is C20H20N2O3. The van der Waals surface area contributed by atoms with Gasteiger partial charge >= 0.3 is 0 Å². The first-order valence-electron chi connectivity index (χ1n) is 8.26. The van der Waals surface area contributed by atoms with Crippen molar-refractivity contribution in [1.29, 1.82) is 0 Å². The molecule has 0 bridgehead atoms. The van der Waals surface area contributed by atoms with Crippen molar-refractivity contribution < 1.29 is 14.4 Å². The lowest BCUT2D eigenvalue weighted by molar-refractivity contribution is -0.128. The molecule has 0 saturated heterocycles. The second-order valence-corrected chi connectivity index (χ2v) is 6.31. The number of amides is 2. The monoisotopic (exact) mass is 336 g/mol. The van der Waals surface area contributed by atoms with Crippen molar-refractivity contribution in [2.45, 2.75) is 31.7 Å². The first-order valence-corrected chi connectivity index (χ1v) is 8.26. The largest absolute Gasteiger partial charge is 0.368 e. The third-order valence-corrected chi connectivity index (χ3v) is 4.54. The highest BCUT2D eigenvalue weighted by Crippen LogP contribution is 2.44. The van der Waals surface area contributed by atoms with Crippen LogP contribution in [0.15, 0.2) is 48.5 Å². The standard InChI is InChI=1S/C20H20N2O3/c1-12(23)10-11-17(19(21)24)22-20(25)18-15-8-4-2-6-13(15)14-7-3-5-9-16(14)18/h2-9,17-18H,10-11H2,1H3,(H2,21,24)(H,22,25)/t17-/m0/s1. The number of ketones is 1. The molecule has 0 saturated carbocycles. The summed E-state index contributed by atoms with van der Waals surface area (Å²) in [5, 5.41) is 2.73. The minimum Gasteiger partial charge on any atom is -0.368 e. The van der Waals surface area contributed by atoms with E-state index in [1.807, 2.05) is 48.5 Å². The van der Waals surface area contributed by atoms with Crippen LogP contribution in [0.5, 0.6) is 0 Å². The smallest absolute Gasteiger partial charge is 0.240 e. The summed E-state index contributed by atoms with van der Waals surface area (Å²) < 4.78 is 0. The van der Waals surface area contributed by atoms with Gasteiger partial charge in [-0.25, -0.2) is 0 Å². The molecule has 0 fully saturated rings. The van der Waals surface area contributed by atoms with Gasteiger partial charge in [0.2, 0.25) is 11.8 Å². The van der Waals surface area contributed by atoms with E-state index in [0.717, 1.165) is 22.3 Å². The van der Waals surface area contributed by atoms with Crippen LogP contribution in [0.1, 0.15) is 36.8 Å². The summed E-state index contributed by atoms with van der Waals surface area (Å²) in [5.41, 5.74) is 9.27. The molecule has 1 aliphatic rings. The second-order valence-electron chi connectivity index (χ2n) is 6.31. The molecular weight excluding hydrogens is 316 g/mol. The average Bonchev–Trinajstić information content (AvgIpc) is 2.92. The van der Waals surface area contributed by atoms with E-state index >= 15 is 0 Å². The zero-order valence-corrected chi connectivity index (χ0v) is 14.0. The number of carbonyl (C=O) groups excluding carboxylic acids is 3. The van der Waals surface area contributed by atoms with E-state index in [2.05, 4.69) is 5.32 Å². The number of carbonyl (C=O) groups is 3. The molecule has 5 nitrogen and oxygen atoms in total. The number of Topliss-reactive ketones (excluding diaryl/α,β-unsaturated/α-hetero) is 1. The number of hydrogen-bond acceptors (Lipinski definition) is 3. The highest BCUT2D eigenvalue weighted by molar-refractivity contribution is 5.98. The highest BCUT2D eigenvalue weighted by atomic mass is 16.2. The molecule has 0 spiro atoms. The molecule has 128 valence electrons. The summed E-state index contributed by atoms with van der Waals surface area (Å²) in [6.07, 6.45) is 0.415. The van der Waals surface area contributed by atoms with E-state index in [9.17, 15) is 14.4 Å². The van der Waals surface area contributed by atoms with E-state index in [0.29, 0.717) is 0 Å². The SMILES string of the molecule is CC(=O)CC[C@H](NC(=O)C1c2ccccc2-c2ccccc21)C(N)=O. The Morgan fingerprint density at radius 3 is 2.00 bits per heavy atom. The fourth-order valence-corrected chi connectivity index (χ4v) is 3.33. The first kappa shape index (κ1) is 16.9. The Labute approximate surface area is 146 Å². The van der Waals surface area contributed by atoms with E-state index in [1.165, 1.54) is 6.92 Å². The number of rotatable bonds is 6. The van der Waals surface area contributed by atoms with Crippen LogP contribution in [0.3, 0.4) is 0 Å². The number of fused-ring (bicyclic) bond motifs is 3. The second kappa shape index (κ2) is 6.89. The van der Waals surface area contributed by atoms with E-state index in [1.54, 1.807) is 0 Å². The van der Waals surface area contributed by atoms with Gasteiger partial charge in [0.05, 0.1) is 5.92 Å². The Morgan fingerprint density at radius 2 is 1.52 bits per heavy atom. The normalized spacial score (nSPS) is 13.6. The summed E-state index contributed by atoms with van der Waals surface area (Å²) in [6.45, 7) is 1.45. The number of nitrogens with one attached hydrogen (secondary N) is 1. The van der Waals surface area contributed by atoms with Crippen molar-refractivity contribution in [3.05, 3.63) is 59.7 Å². The third kappa shape index (κ3) is 3.31. The molecule has 3 N–H and O–H groups in total. The van der Waals surface area contributed by atoms with Crippen LogP contribution in [0, 0.1) is 0 Å². The van der Waals surface area contributed by atoms with Crippen molar-refractivity contribution in [2.24, 2.45) is 5.73 Å². The molecule has 1 aliphatic carbocycles. The van der Waals surface area contributed by atoms with Crippen molar-refractivity contribution in [3.8, 4) is 11.1 Å². The van der Waals surface area contributed by atoms with Gasteiger partial charge < -0.3 is 15.8 Å². The van der Waals surface area contributed by atoms with Crippen LogP contribution >= 0.6 is 0 Å². The molecule has 1 atom stereocenters. The fourth-order valence-electron chi connectivity index (χ4n) is 3.33. The number of primary amides is 1. The Kier molecular flexibility index (Phi) is 4.65. The summed E-state index contributed by atoms with van der Waals surface area (Å²) >= 11 is 0. The zero-order chi connectivity index (χ0) is 18.0. The lowest BCUT2D eigenvalue weighted by Gasteiger charge is -2.19. The van der Waals surface area contributed by atoms with Crippen LogP contribution in [0.25, 0.3) is 11.1 Å². The molecule has 3 rings (SSSR count). The maximum atomic E-state index is 12.9. The molecule has 2 aromatic carbocycles. The van der Waals surface area contributed by atoms with Gasteiger partial charge in [-0.3, -0.25) is 9.59 Å². The Morgan fingerprint density at radius 1 is 1.00 bits per heavy atom. The first-order chi connectivity index (χ1) is 12.0. The Bertz CT molecular complexity index is 799. The van der Waals surface area contributed by atoms with Gasteiger partial charge in [0, 0.05) is 6.42 Å². The van der Waals surface area contributed by atoms with Gasteiger partial charge in [0.1, 0.15) is 11.8 Å². The third-order valence-electron chi connectivity index (χ3n) is 4.54. The van der Waals surface area contributed by atoms with E-state index in [4.69, 9.17) is 5.73 Å². The van der Waals surface area contributed by atoms with Crippen LogP contribution in [-0.4, -0.2) is 23.6 Å². The quantitative estimate of drug-likeness (QED) is 0.847. The maximum Gasteiger partial charge on any atom is 0.240 e.